The molecule has 17 heavy (non-hydrogen) atoms. The lowest BCUT2D eigenvalue weighted by Gasteiger charge is -2.36. The molecule has 3 heteroatoms. The van der Waals surface area contributed by atoms with Gasteiger partial charge >= 0.3 is 0 Å². The fraction of sp³-hybridized carbons (Fsp3) is 0.929. The van der Waals surface area contributed by atoms with E-state index in [2.05, 4.69) is 4.90 Å². The molecule has 2 aliphatic rings. The van der Waals surface area contributed by atoms with Crippen molar-refractivity contribution in [2.24, 2.45) is 5.92 Å². The zero-order valence-electron chi connectivity index (χ0n) is 11.0. The highest BCUT2D eigenvalue weighted by atomic mass is 16.3. The number of piperidine rings is 1. The van der Waals surface area contributed by atoms with Gasteiger partial charge in [-0.05, 0) is 32.6 Å². The summed E-state index contributed by atoms with van der Waals surface area (Å²) in [4.78, 5) is 14.3. The maximum atomic E-state index is 12.1. The van der Waals surface area contributed by atoms with E-state index >= 15 is 0 Å². The summed E-state index contributed by atoms with van der Waals surface area (Å²) in [6, 6.07) is 0. The molecule has 98 valence electrons. The largest absolute Gasteiger partial charge is 0.390 e. The summed E-state index contributed by atoms with van der Waals surface area (Å²) in [5.41, 5.74) is -0.510. The van der Waals surface area contributed by atoms with E-state index in [9.17, 15) is 9.90 Å². The summed E-state index contributed by atoms with van der Waals surface area (Å²) in [5.74, 6) is 0.762. The molecule has 2 fully saturated rings. The first-order valence-corrected chi connectivity index (χ1v) is 7.04. The standard InChI is InChI=1S/C14H25NO2/c1-14(17)7-9-15(10-8-14)11-13(16)12-5-3-2-4-6-12/h12,17H,2-11H2,1H3. The number of carbonyl (C=O) groups is 1. The lowest BCUT2D eigenvalue weighted by Crippen LogP contribution is -2.45. The lowest BCUT2D eigenvalue weighted by molar-refractivity contribution is -0.126. The zero-order valence-corrected chi connectivity index (χ0v) is 11.0. The molecular weight excluding hydrogens is 214 g/mol. The Kier molecular flexibility index (Phi) is 4.21. The van der Waals surface area contributed by atoms with Gasteiger partial charge in [0, 0.05) is 19.0 Å². The van der Waals surface area contributed by atoms with Crippen molar-refractivity contribution in [3.63, 3.8) is 0 Å². The second-order valence-corrected chi connectivity index (χ2v) is 6.07. The van der Waals surface area contributed by atoms with Gasteiger partial charge in [-0.15, -0.1) is 0 Å². The molecule has 0 atom stereocenters. The number of hydrogen-bond acceptors (Lipinski definition) is 3. The van der Waals surface area contributed by atoms with Gasteiger partial charge < -0.3 is 5.11 Å². The number of carbonyl (C=O) groups excluding carboxylic acids is 1. The Balaban J connectivity index is 1.75. The van der Waals surface area contributed by atoms with E-state index in [0.717, 1.165) is 38.8 Å². The summed E-state index contributed by atoms with van der Waals surface area (Å²) >= 11 is 0. The first-order chi connectivity index (χ1) is 8.07. The van der Waals surface area contributed by atoms with Gasteiger partial charge in [-0.3, -0.25) is 9.69 Å². The zero-order chi connectivity index (χ0) is 12.3. The lowest BCUT2D eigenvalue weighted by atomic mass is 9.85. The van der Waals surface area contributed by atoms with Crippen LogP contribution in [-0.4, -0.2) is 41.0 Å². The molecular formula is C14H25NO2. The molecule has 1 heterocycles. The molecule has 1 saturated carbocycles. The Labute approximate surface area is 104 Å². The summed E-state index contributed by atoms with van der Waals surface area (Å²) in [6.07, 6.45) is 7.55. The van der Waals surface area contributed by atoms with Crippen molar-refractivity contribution in [2.75, 3.05) is 19.6 Å². The number of rotatable bonds is 3. The summed E-state index contributed by atoms with van der Waals surface area (Å²) in [5, 5.41) is 9.86. The van der Waals surface area contributed by atoms with Crippen LogP contribution in [0.2, 0.25) is 0 Å². The van der Waals surface area contributed by atoms with Crippen LogP contribution >= 0.6 is 0 Å². The average molecular weight is 239 g/mol. The minimum Gasteiger partial charge on any atom is -0.390 e. The number of nitrogens with zero attached hydrogens (tertiary/aromatic N) is 1. The highest BCUT2D eigenvalue weighted by molar-refractivity contribution is 5.83. The van der Waals surface area contributed by atoms with E-state index in [0.29, 0.717) is 18.2 Å². The Morgan fingerprint density at radius 1 is 1.24 bits per heavy atom. The molecule has 3 nitrogen and oxygen atoms in total. The van der Waals surface area contributed by atoms with Gasteiger partial charge in [0.2, 0.25) is 0 Å². The predicted molar refractivity (Wildman–Crippen MR) is 67.9 cm³/mol. The second-order valence-electron chi connectivity index (χ2n) is 6.07. The molecule has 1 aliphatic carbocycles. The average Bonchev–Trinajstić information content (AvgIpc) is 2.33. The molecule has 0 spiro atoms. The third kappa shape index (κ3) is 3.78. The van der Waals surface area contributed by atoms with Crippen LogP contribution in [0.1, 0.15) is 51.9 Å². The minimum absolute atomic E-state index is 0.325. The normalized spacial score (nSPS) is 26.9. The number of aliphatic hydroxyl groups is 1. The molecule has 1 aliphatic heterocycles. The molecule has 0 amide bonds. The predicted octanol–water partition coefficient (Wildman–Crippen LogP) is 1.98. The monoisotopic (exact) mass is 239 g/mol. The van der Waals surface area contributed by atoms with Crippen molar-refractivity contribution < 1.29 is 9.90 Å². The molecule has 1 N–H and O–H groups in total. The van der Waals surface area contributed by atoms with Crippen LogP contribution in [0.5, 0.6) is 0 Å². The smallest absolute Gasteiger partial charge is 0.149 e. The van der Waals surface area contributed by atoms with E-state index in [-0.39, 0.29) is 0 Å². The van der Waals surface area contributed by atoms with Crippen LogP contribution < -0.4 is 0 Å². The number of hydrogen-bond donors (Lipinski definition) is 1. The van der Waals surface area contributed by atoms with Crippen molar-refractivity contribution >= 4 is 5.78 Å². The van der Waals surface area contributed by atoms with E-state index in [4.69, 9.17) is 0 Å². The molecule has 0 unspecified atom stereocenters. The fourth-order valence-corrected chi connectivity index (χ4v) is 2.97. The molecule has 0 aromatic rings. The van der Waals surface area contributed by atoms with Crippen LogP contribution in [0.4, 0.5) is 0 Å². The Morgan fingerprint density at radius 3 is 2.41 bits per heavy atom. The van der Waals surface area contributed by atoms with Crippen molar-refractivity contribution in [1.82, 2.24) is 4.90 Å². The first-order valence-electron chi connectivity index (χ1n) is 7.04. The van der Waals surface area contributed by atoms with Gasteiger partial charge in [-0.25, -0.2) is 0 Å². The van der Waals surface area contributed by atoms with Gasteiger partial charge in [0.25, 0.3) is 0 Å². The summed E-state index contributed by atoms with van der Waals surface area (Å²) < 4.78 is 0. The van der Waals surface area contributed by atoms with E-state index in [1.54, 1.807) is 0 Å². The summed E-state index contributed by atoms with van der Waals surface area (Å²) in [6.45, 7) is 4.24. The van der Waals surface area contributed by atoms with Crippen molar-refractivity contribution in [1.29, 1.82) is 0 Å². The fourth-order valence-electron chi connectivity index (χ4n) is 2.97. The first kappa shape index (κ1) is 13.0. The molecule has 2 rings (SSSR count). The topological polar surface area (TPSA) is 40.5 Å². The van der Waals surface area contributed by atoms with Crippen LogP contribution in [-0.2, 0) is 4.79 Å². The minimum atomic E-state index is -0.510. The van der Waals surface area contributed by atoms with Gasteiger partial charge in [0.15, 0.2) is 0 Å². The van der Waals surface area contributed by atoms with E-state index in [1.807, 2.05) is 6.92 Å². The highest BCUT2D eigenvalue weighted by Gasteiger charge is 2.29. The van der Waals surface area contributed by atoms with Crippen LogP contribution in [0, 0.1) is 5.92 Å². The Bertz CT molecular complexity index is 259. The van der Waals surface area contributed by atoms with Gasteiger partial charge in [0.1, 0.15) is 5.78 Å². The van der Waals surface area contributed by atoms with Crippen LogP contribution in [0.25, 0.3) is 0 Å². The molecule has 0 aromatic heterocycles. The number of Topliss-reactive ketones (excluding diaryl/α,β-unsaturated/α-hetero) is 1. The Morgan fingerprint density at radius 2 is 1.82 bits per heavy atom. The molecule has 0 radical (unpaired) electrons. The van der Waals surface area contributed by atoms with Crippen molar-refractivity contribution in [2.45, 2.75) is 57.5 Å². The van der Waals surface area contributed by atoms with E-state index in [1.165, 1.54) is 19.3 Å². The molecule has 1 saturated heterocycles. The van der Waals surface area contributed by atoms with E-state index < -0.39 is 5.60 Å². The van der Waals surface area contributed by atoms with Gasteiger partial charge in [0.05, 0.1) is 12.1 Å². The van der Waals surface area contributed by atoms with Crippen LogP contribution in [0.3, 0.4) is 0 Å². The molecule has 0 bridgehead atoms. The molecule has 0 aromatic carbocycles. The second kappa shape index (κ2) is 5.49. The SMILES string of the molecule is CC1(O)CCN(CC(=O)C2CCCCC2)CC1. The maximum absolute atomic E-state index is 12.1. The quantitative estimate of drug-likeness (QED) is 0.818. The van der Waals surface area contributed by atoms with Gasteiger partial charge in [-0.1, -0.05) is 19.3 Å². The summed E-state index contributed by atoms with van der Waals surface area (Å²) in [7, 11) is 0. The highest BCUT2D eigenvalue weighted by Crippen LogP contribution is 2.26. The number of ketones is 1. The van der Waals surface area contributed by atoms with Crippen LogP contribution in [0.15, 0.2) is 0 Å². The number of likely N-dealkylation sites (tertiary alicyclic amines) is 1. The maximum Gasteiger partial charge on any atom is 0.149 e. The third-order valence-electron chi connectivity index (χ3n) is 4.37. The van der Waals surface area contributed by atoms with Crippen molar-refractivity contribution in [3.05, 3.63) is 0 Å². The third-order valence-corrected chi connectivity index (χ3v) is 4.37. The van der Waals surface area contributed by atoms with Crippen molar-refractivity contribution in [3.8, 4) is 0 Å². The van der Waals surface area contributed by atoms with Gasteiger partial charge in [-0.2, -0.15) is 0 Å². The Hall–Kier alpha value is -0.410.